The van der Waals surface area contributed by atoms with Crippen molar-refractivity contribution in [2.45, 2.75) is 47.0 Å². The van der Waals surface area contributed by atoms with Crippen LogP contribution in [0, 0.1) is 20.8 Å². The Morgan fingerprint density at radius 3 is 2.23 bits per heavy atom. The zero-order chi connectivity index (χ0) is 27.5. The lowest BCUT2D eigenvalue weighted by Gasteiger charge is -2.35. The monoisotopic (exact) mass is 517 g/mol. The van der Waals surface area contributed by atoms with Crippen molar-refractivity contribution in [3.63, 3.8) is 0 Å². The number of benzene rings is 5. The second kappa shape index (κ2) is 7.91. The highest BCUT2D eigenvalue weighted by Gasteiger charge is 2.41. The van der Waals surface area contributed by atoms with E-state index in [9.17, 15) is 0 Å². The van der Waals surface area contributed by atoms with Gasteiger partial charge in [0.15, 0.2) is 0 Å². The van der Waals surface area contributed by atoms with E-state index in [0.717, 1.165) is 11.5 Å². The molecule has 3 heterocycles. The van der Waals surface area contributed by atoms with Crippen LogP contribution in [0.2, 0.25) is 0 Å². The lowest BCUT2D eigenvalue weighted by Crippen LogP contribution is -2.58. The van der Waals surface area contributed by atoms with Crippen molar-refractivity contribution in [1.82, 2.24) is 4.57 Å². The minimum Gasteiger partial charge on any atom is -0.458 e. The van der Waals surface area contributed by atoms with Crippen LogP contribution in [0.5, 0.6) is 11.5 Å². The molecule has 0 aliphatic carbocycles. The summed E-state index contributed by atoms with van der Waals surface area (Å²) in [6, 6.07) is 31.8. The molecule has 2 aliphatic heterocycles. The molecule has 0 radical (unpaired) electrons. The van der Waals surface area contributed by atoms with E-state index in [4.69, 9.17) is 4.74 Å². The average molecular weight is 517 g/mol. The molecule has 0 amide bonds. The molecule has 8 rings (SSSR count). The SMILES string of the molecule is Cc1cc(C)c(-c2cc3c4c(c2)-n2c5ccccc5c5cccc(c52)B4c2cc(C(C)(C)C)ccc2O3)c(C)c1. The summed E-state index contributed by atoms with van der Waals surface area (Å²) >= 11 is 0. The number of hydrogen-bond donors (Lipinski definition) is 0. The first kappa shape index (κ1) is 23.6. The molecule has 0 saturated heterocycles. The predicted octanol–water partition coefficient (Wildman–Crippen LogP) is 7.61. The van der Waals surface area contributed by atoms with E-state index >= 15 is 0 Å². The molecule has 40 heavy (non-hydrogen) atoms. The van der Waals surface area contributed by atoms with Crippen molar-refractivity contribution >= 4 is 44.9 Å². The van der Waals surface area contributed by atoms with Crippen molar-refractivity contribution in [2.75, 3.05) is 0 Å². The van der Waals surface area contributed by atoms with Crippen LogP contribution >= 0.6 is 0 Å². The average Bonchev–Trinajstić information content (AvgIpc) is 3.25. The van der Waals surface area contributed by atoms with E-state index in [1.54, 1.807) is 0 Å². The summed E-state index contributed by atoms with van der Waals surface area (Å²) in [5, 5.41) is 2.61. The molecule has 2 aliphatic rings. The highest BCUT2D eigenvalue weighted by molar-refractivity contribution is 6.99. The van der Waals surface area contributed by atoms with Gasteiger partial charge in [-0.15, -0.1) is 0 Å². The topological polar surface area (TPSA) is 14.2 Å². The number of rotatable bonds is 1. The molecule has 2 nitrogen and oxygen atoms in total. The highest BCUT2D eigenvalue weighted by Crippen LogP contribution is 2.41. The van der Waals surface area contributed by atoms with E-state index < -0.39 is 0 Å². The summed E-state index contributed by atoms with van der Waals surface area (Å²) in [5.74, 6) is 1.93. The Morgan fingerprint density at radius 2 is 1.45 bits per heavy atom. The fourth-order valence-corrected chi connectivity index (χ4v) is 7.41. The Bertz CT molecular complexity index is 2030. The Morgan fingerprint density at radius 1 is 0.700 bits per heavy atom. The van der Waals surface area contributed by atoms with Gasteiger partial charge in [-0.05, 0) is 94.7 Å². The number of aromatic nitrogens is 1. The molecule has 0 fully saturated rings. The van der Waals surface area contributed by atoms with Crippen LogP contribution in [0.4, 0.5) is 0 Å². The number of para-hydroxylation sites is 2. The van der Waals surface area contributed by atoms with Crippen LogP contribution in [0.15, 0.2) is 84.9 Å². The minimum atomic E-state index is 0.0536. The third-order valence-corrected chi connectivity index (χ3v) is 9.06. The normalized spacial score (nSPS) is 13.4. The van der Waals surface area contributed by atoms with Gasteiger partial charge in [0.1, 0.15) is 11.5 Å². The fourth-order valence-electron chi connectivity index (χ4n) is 7.41. The van der Waals surface area contributed by atoms with Gasteiger partial charge in [-0.3, -0.25) is 0 Å². The van der Waals surface area contributed by atoms with Gasteiger partial charge in [0.05, 0.1) is 5.52 Å². The van der Waals surface area contributed by atoms with Crippen molar-refractivity contribution in [1.29, 1.82) is 0 Å². The number of fused-ring (bicyclic) bond motifs is 7. The number of hydrogen-bond acceptors (Lipinski definition) is 1. The molecule has 0 atom stereocenters. The van der Waals surface area contributed by atoms with E-state index in [1.807, 2.05) is 0 Å². The third-order valence-electron chi connectivity index (χ3n) is 9.06. The van der Waals surface area contributed by atoms with Gasteiger partial charge in [-0.25, -0.2) is 0 Å². The first-order valence-corrected chi connectivity index (χ1v) is 14.3. The maximum absolute atomic E-state index is 6.84. The molecule has 1 aromatic heterocycles. The number of ether oxygens (including phenoxy) is 1. The molecule has 5 aromatic carbocycles. The maximum Gasteiger partial charge on any atom is 0.256 e. The molecule has 0 spiro atoms. The first-order chi connectivity index (χ1) is 19.2. The van der Waals surface area contributed by atoms with Crippen molar-refractivity contribution in [3.8, 4) is 28.3 Å². The van der Waals surface area contributed by atoms with Gasteiger partial charge in [-0.2, -0.15) is 0 Å². The van der Waals surface area contributed by atoms with Crippen LogP contribution in [0.3, 0.4) is 0 Å². The quantitative estimate of drug-likeness (QED) is 0.205. The second-order valence-corrected chi connectivity index (χ2v) is 12.8. The smallest absolute Gasteiger partial charge is 0.256 e. The van der Waals surface area contributed by atoms with Gasteiger partial charge in [0.25, 0.3) is 6.71 Å². The molecular formula is C37H32BNO. The Labute approximate surface area is 236 Å². The van der Waals surface area contributed by atoms with E-state index in [1.165, 1.54) is 77.3 Å². The number of aryl methyl sites for hydroxylation is 3. The largest absolute Gasteiger partial charge is 0.458 e. The Hall–Kier alpha value is -4.24. The second-order valence-electron chi connectivity index (χ2n) is 12.8. The molecule has 3 heteroatoms. The summed E-state index contributed by atoms with van der Waals surface area (Å²) in [6.07, 6.45) is 0. The summed E-state index contributed by atoms with van der Waals surface area (Å²) in [6.45, 7) is 13.6. The summed E-state index contributed by atoms with van der Waals surface area (Å²) in [7, 11) is 0. The van der Waals surface area contributed by atoms with Crippen LogP contribution < -0.4 is 21.1 Å². The van der Waals surface area contributed by atoms with Gasteiger partial charge in [0.2, 0.25) is 0 Å². The Kier molecular flexibility index (Phi) is 4.68. The van der Waals surface area contributed by atoms with Crippen LogP contribution in [-0.2, 0) is 5.41 Å². The highest BCUT2D eigenvalue weighted by atomic mass is 16.5. The number of nitrogens with zero attached hydrogens (tertiary/aromatic N) is 1. The lowest BCUT2D eigenvalue weighted by atomic mass is 9.34. The fraction of sp³-hybridized carbons (Fsp3) is 0.189. The van der Waals surface area contributed by atoms with Crippen LogP contribution in [0.1, 0.15) is 43.0 Å². The standard InChI is InChI=1S/C37H32BNO/c1-21-16-22(2)34(23(3)17-21)24-18-31-35-33(19-24)40-32-15-14-25(37(4,5)6)20-29(32)38(35)28-12-9-11-27-26-10-7-8-13-30(26)39(31)36(27)28/h7-20H,1-6H3. The minimum absolute atomic E-state index is 0.0536. The lowest BCUT2D eigenvalue weighted by molar-refractivity contribution is 0.486. The first-order valence-electron chi connectivity index (χ1n) is 14.3. The van der Waals surface area contributed by atoms with Gasteiger partial charge in [0, 0.05) is 22.0 Å². The summed E-state index contributed by atoms with van der Waals surface area (Å²) in [5.41, 5.74) is 15.5. The van der Waals surface area contributed by atoms with E-state index in [2.05, 4.69) is 131 Å². The molecule has 6 aromatic rings. The van der Waals surface area contributed by atoms with Crippen molar-refractivity contribution in [3.05, 3.63) is 107 Å². The van der Waals surface area contributed by atoms with Crippen molar-refractivity contribution in [2.24, 2.45) is 0 Å². The van der Waals surface area contributed by atoms with Crippen LogP contribution in [-0.4, -0.2) is 11.3 Å². The van der Waals surface area contributed by atoms with Gasteiger partial charge >= 0.3 is 0 Å². The third kappa shape index (κ3) is 3.12. The molecule has 0 unspecified atom stereocenters. The molecular weight excluding hydrogens is 485 g/mol. The maximum atomic E-state index is 6.84. The van der Waals surface area contributed by atoms with E-state index in [0.29, 0.717) is 0 Å². The Balaban J connectivity index is 1.53. The molecule has 194 valence electrons. The summed E-state index contributed by atoms with van der Waals surface area (Å²) < 4.78 is 9.34. The van der Waals surface area contributed by atoms with Gasteiger partial charge < -0.3 is 9.30 Å². The zero-order valence-electron chi connectivity index (χ0n) is 24.0. The van der Waals surface area contributed by atoms with Gasteiger partial charge in [-0.1, -0.05) is 87.0 Å². The zero-order valence-corrected chi connectivity index (χ0v) is 24.0. The van der Waals surface area contributed by atoms with Crippen molar-refractivity contribution < 1.29 is 4.74 Å². The van der Waals surface area contributed by atoms with Crippen LogP contribution in [0.25, 0.3) is 38.6 Å². The summed E-state index contributed by atoms with van der Waals surface area (Å²) in [4.78, 5) is 0. The molecule has 0 N–H and O–H groups in total. The molecule has 0 bridgehead atoms. The van der Waals surface area contributed by atoms with E-state index in [-0.39, 0.29) is 12.1 Å². The predicted molar refractivity (Wildman–Crippen MR) is 170 cm³/mol. The molecule has 0 saturated carbocycles.